The van der Waals surface area contributed by atoms with Gasteiger partial charge in [-0.1, -0.05) is 0 Å². The monoisotopic (exact) mass is 397 g/mol. The number of rotatable bonds is 2. The quantitative estimate of drug-likeness (QED) is 0.666. The van der Waals surface area contributed by atoms with Crippen molar-refractivity contribution in [3.8, 4) is 17.1 Å². The molecule has 0 amide bonds. The maximum atomic E-state index is 14.5. The van der Waals surface area contributed by atoms with Gasteiger partial charge >= 0.3 is 0 Å². The highest BCUT2D eigenvalue weighted by atomic mass is 127. The number of nitrogens with one attached hydrogen (secondary N) is 1. The van der Waals surface area contributed by atoms with E-state index in [1.54, 1.807) is 12.1 Å². The SMILES string of the molecule is COc1c(I)ccc(-c2nc(C)c3c(C)c[nH]c3n2)c1F. The summed E-state index contributed by atoms with van der Waals surface area (Å²) in [5.41, 5.74) is 2.96. The van der Waals surface area contributed by atoms with Gasteiger partial charge in [0.15, 0.2) is 17.4 Å². The van der Waals surface area contributed by atoms with Crippen molar-refractivity contribution < 1.29 is 9.13 Å². The average Bonchev–Trinajstić information content (AvgIpc) is 2.81. The summed E-state index contributed by atoms with van der Waals surface area (Å²) in [6, 6.07) is 3.47. The molecule has 2 aromatic heterocycles. The molecule has 21 heavy (non-hydrogen) atoms. The van der Waals surface area contributed by atoms with Crippen molar-refractivity contribution in [2.45, 2.75) is 13.8 Å². The third kappa shape index (κ3) is 2.27. The molecule has 0 aliphatic rings. The molecule has 3 aromatic rings. The van der Waals surface area contributed by atoms with Crippen LogP contribution in [0.1, 0.15) is 11.3 Å². The summed E-state index contributed by atoms with van der Waals surface area (Å²) in [4.78, 5) is 12.0. The lowest BCUT2D eigenvalue weighted by Gasteiger charge is -2.09. The van der Waals surface area contributed by atoms with Crippen LogP contribution in [0.3, 0.4) is 0 Å². The van der Waals surface area contributed by atoms with Crippen LogP contribution in [0, 0.1) is 23.2 Å². The lowest BCUT2D eigenvalue weighted by Crippen LogP contribution is -1.99. The zero-order valence-corrected chi connectivity index (χ0v) is 13.9. The summed E-state index contributed by atoms with van der Waals surface area (Å²) in [6.07, 6.45) is 1.88. The van der Waals surface area contributed by atoms with E-state index in [1.807, 2.05) is 42.6 Å². The van der Waals surface area contributed by atoms with Crippen LogP contribution >= 0.6 is 22.6 Å². The molecule has 108 valence electrons. The van der Waals surface area contributed by atoms with Gasteiger partial charge in [0.05, 0.1) is 21.9 Å². The van der Waals surface area contributed by atoms with Crippen LogP contribution in [0.15, 0.2) is 18.3 Å². The van der Waals surface area contributed by atoms with Crippen LogP contribution in [0.25, 0.3) is 22.4 Å². The van der Waals surface area contributed by atoms with Crippen LogP contribution in [-0.2, 0) is 0 Å². The minimum Gasteiger partial charge on any atom is -0.493 e. The summed E-state index contributed by atoms with van der Waals surface area (Å²) in [5.74, 6) is 0.137. The number of methoxy groups -OCH3 is 1. The molecule has 0 fully saturated rings. The van der Waals surface area contributed by atoms with Gasteiger partial charge in [0, 0.05) is 11.6 Å². The highest BCUT2D eigenvalue weighted by Crippen LogP contribution is 2.32. The Morgan fingerprint density at radius 1 is 1.24 bits per heavy atom. The van der Waals surface area contributed by atoms with E-state index >= 15 is 0 Å². The highest BCUT2D eigenvalue weighted by molar-refractivity contribution is 14.1. The number of aromatic nitrogens is 3. The number of nitrogens with zero attached hydrogens (tertiary/aromatic N) is 2. The van der Waals surface area contributed by atoms with Gasteiger partial charge in [-0.2, -0.15) is 0 Å². The Labute approximate surface area is 134 Å². The second kappa shape index (κ2) is 5.25. The van der Waals surface area contributed by atoms with Crippen LogP contribution in [0.4, 0.5) is 4.39 Å². The number of halogens is 2. The smallest absolute Gasteiger partial charge is 0.177 e. The lowest BCUT2D eigenvalue weighted by molar-refractivity contribution is 0.384. The predicted octanol–water partition coefficient (Wildman–Crippen LogP) is 3.99. The lowest BCUT2D eigenvalue weighted by atomic mass is 10.1. The zero-order chi connectivity index (χ0) is 15.1. The van der Waals surface area contributed by atoms with Gasteiger partial charge in [0.1, 0.15) is 5.65 Å². The summed E-state index contributed by atoms with van der Waals surface area (Å²) in [5, 5.41) is 0.983. The molecule has 1 aromatic carbocycles. The van der Waals surface area contributed by atoms with Gasteiger partial charge in [0.2, 0.25) is 0 Å². The van der Waals surface area contributed by atoms with Crippen LogP contribution in [0.2, 0.25) is 0 Å². The number of hydrogen-bond donors (Lipinski definition) is 1. The molecule has 0 radical (unpaired) electrons. The first kappa shape index (κ1) is 14.2. The number of benzene rings is 1. The van der Waals surface area contributed by atoms with Crippen LogP contribution in [0.5, 0.6) is 5.75 Å². The van der Waals surface area contributed by atoms with E-state index in [-0.39, 0.29) is 5.75 Å². The topological polar surface area (TPSA) is 50.8 Å². The first-order valence-electron chi connectivity index (χ1n) is 6.37. The van der Waals surface area contributed by atoms with Crippen molar-refractivity contribution in [2.75, 3.05) is 7.11 Å². The normalized spacial score (nSPS) is 11.1. The van der Waals surface area contributed by atoms with Gasteiger partial charge in [-0.15, -0.1) is 0 Å². The molecule has 0 saturated carbocycles. The van der Waals surface area contributed by atoms with Crippen LogP contribution < -0.4 is 4.74 Å². The molecular formula is C15H13FIN3O. The van der Waals surface area contributed by atoms with Crippen molar-refractivity contribution in [2.24, 2.45) is 0 Å². The van der Waals surface area contributed by atoms with E-state index < -0.39 is 5.82 Å². The molecular weight excluding hydrogens is 384 g/mol. The molecule has 1 N–H and O–H groups in total. The largest absolute Gasteiger partial charge is 0.493 e. The van der Waals surface area contributed by atoms with Crippen LogP contribution in [-0.4, -0.2) is 22.1 Å². The maximum Gasteiger partial charge on any atom is 0.177 e. The van der Waals surface area contributed by atoms with Gasteiger partial charge in [0.25, 0.3) is 0 Å². The molecule has 0 aliphatic heterocycles. The van der Waals surface area contributed by atoms with Gasteiger partial charge < -0.3 is 9.72 Å². The van der Waals surface area contributed by atoms with Gasteiger partial charge in [-0.3, -0.25) is 0 Å². The fraction of sp³-hybridized carbons (Fsp3) is 0.200. The Balaban J connectivity index is 2.26. The number of H-pyrrole nitrogens is 1. The minimum absolute atomic E-state index is 0.220. The van der Waals surface area contributed by atoms with Crippen molar-refractivity contribution in [1.29, 1.82) is 0 Å². The second-order valence-corrected chi connectivity index (χ2v) is 5.93. The van der Waals surface area contributed by atoms with Crippen molar-refractivity contribution in [3.63, 3.8) is 0 Å². The molecule has 4 nitrogen and oxygen atoms in total. The number of aromatic amines is 1. The maximum absolute atomic E-state index is 14.5. The van der Waals surface area contributed by atoms with E-state index in [1.165, 1.54) is 7.11 Å². The molecule has 0 spiro atoms. The van der Waals surface area contributed by atoms with Gasteiger partial charge in [-0.25, -0.2) is 14.4 Å². The molecule has 0 bridgehead atoms. The molecule has 0 saturated heterocycles. The fourth-order valence-corrected chi connectivity index (χ4v) is 3.05. The molecule has 6 heteroatoms. The third-order valence-electron chi connectivity index (χ3n) is 3.40. The van der Waals surface area contributed by atoms with Crippen molar-refractivity contribution in [3.05, 3.63) is 39.0 Å². The standard InChI is InChI=1S/C15H13FIN3O/c1-7-6-18-15-11(7)8(2)19-14(20-15)9-4-5-10(17)13(21-3)12(9)16/h4-6H,1-3H3,(H,18,19,20). The van der Waals surface area contributed by atoms with Crippen molar-refractivity contribution in [1.82, 2.24) is 15.0 Å². The van der Waals surface area contributed by atoms with E-state index in [9.17, 15) is 4.39 Å². The van der Waals surface area contributed by atoms with E-state index in [0.717, 1.165) is 16.6 Å². The molecule has 0 unspecified atom stereocenters. The Morgan fingerprint density at radius 2 is 2.00 bits per heavy atom. The van der Waals surface area contributed by atoms with E-state index in [2.05, 4.69) is 15.0 Å². The Bertz CT molecular complexity index is 845. The van der Waals surface area contributed by atoms with E-state index in [4.69, 9.17) is 4.74 Å². The molecule has 3 rings (SSSR count). The van der Waals surface area contributed by atoms with Gasteiger partial charge in [-0.05, 0) is 54.1 Å². The predicted molar refractivity (Wildman–Crippen MR) is 88.0 cm³/mol. The fourth-order valence-electron chi connectivity index (χ4n) is 2.41. The summed E-state index contributed by atoms with van der Waals surface area (Å²) >= 11 is 2.03. The Morgan fingerprint density at radius 3 is 2.71 bits per heavy atom. The number of ether oxygens (including phenoxy) is 1. The summed E-state index contributed by atoms with van der Waals surface area (Å²) in [6.45, 7) is 3.89. The molecule has 2 heterocycles. The first-order valence-corrected chi connectivity index (χ1v) is 7.45. The van der Waals surface area contributed by atoms with E-state index in [0.29, 0.717) is 20.6 Å². The van der Waals surface area contributed by atoms with Crippen molar-refractivity contribution >= 4 is 33.6 Å². The highest BCUT2D eigenvalue weighted by Gasteiger charge is 2.18. The first-order chi connectivity index (χ1) is 10.0. The second-order valence-electron chi connectivity index (χ2n) is 4.77. The summed E-state index contributed by atoms with van der Waals surface area (Å²) in [7, 11) is 1.45. The minimum atomic E-state index is -0.438. The number of fused-ring (bicyclic) bond motifs is 1. The molecule has 0 atom stereocenters. The number of hydrogen-bond acceptors (Lipinski definition) is 3. The number of aryl methyl sites for hydroxylation is 2. The average molecular weight is 397 g/mol. The third-order valence-corrected chi connectivity index (χ3v) is 4.25. The Kier molecular flexibility index (Phi) is 3.56. The Hall–Kier alpha value is -1.70. The zero-order valence-electron chi connectivity index (χ0n) is 11.8. The summed E-state index contributed by atoms with van der Waals surface area (Å²) < 4.78 is 20.4. The molecule has 0 aliphatic carbocycles.